The van der Waals surface area contributed by atoms with Crippen molar-refractivity contribution in [2.24, 2.45) is 5.92 Å². The minimum atomic E-state index is -0.321. The van der Waals surface area contributed by atoms with Gasteiger partial charge in [0, 0.05) is 11.6 Å². The van der Waals surface area contributed by atoms with E-state index in [4.69, 9.17) is 0 Å². The van der Waals surface area contributed by atoms with Crippen molar-refractivity contribution < 1.29 is 9.18 Å². The van der Waals surface area contributed by atoms with Crippen LogP contribution in [0, 0.1) is 18.7 Å². The van der Waals surface area contributed by atoms with Crippen LogP contribution in [0.4, 0.5) is 10.1 Å². The van der Waals surface area contributed by atoms with E-state index in [1.165, 1.54) is 17.2 Å². The lowest BCUT2D eigenvalue weighted by Gasteiger charge is -2.13. The first-order valence-electron chi connectivity index (χ1n) is 6.88. The molecule has 4 heteroatoms. The number of aryl methyl sites for hydroxylation is 1. The van der Waals surface area contributed by atoms with Gasteiger partial charge in [0.2, 0.25) is 5.91 Å². The fourth-order valence-electron chi connectivity index (χ4n) is 2.76. The number of benzene rings is 2. The van der Waals surface area contributed by atoms with Crippen LogP contribution in [-0.2, 0) is 17.6 Å². The number of nitrogens with one attached hydrogen (secondary N) is 1. The fraction of sp³-hybridized carbons (Fsp3) is 0.235. The first kappa shape index (κ1) is 14.3. The summed E-state index contributed by atoms with van der Waals surface area (Å²) in [7, 11) is 0. The Balaban J connectivity index is 1.75. The van der Waals surface area contributed by atoms with E-state index < -0.39 is 0 Å². The van der Waals surface area contributed by atoms with Crippen molar-refractivity contribution in [3.8, 4) is 0 Å². The molecule has 0 aliphatic heterocycles. The SMILES string of the molecule is Cc1cc(F)c(Br)cc1NC(=O)C1Cc2ccccc2C1. The number of halogens is 2. The molecule has 2 aromatic carbocycles. The lowest BCUT2D eigenvalue weighted by Crippen LogP contribution is -2.23. The molecule has 0 radical (unpaired) electrons. The van der Waals surface area contributed by atoms with Crippen LogP contribution in [0.5, 0.6) is 0 Å². The van der Waals surface area contributed by atoms with Crippen molar-refractivity contribution in [2.45, 2.75) is 19.8 Å². The van der Waals surface area contributed by atoms with Gasteiger partial charge in [-0.05, 0) is 64.5 Å². The predicted octanol–water partition coefficient (Wildman–Crippen LogP) is 4.25. The number of fused-ring (bicyclic) bond motifs is 1. The van der Waals surface area contributed by atoms with Gasteiger partial charge in [0.05, 0.1) is 4.47 Å². The van der Waals surface area contributed by atoms with Gasteiger partial charge in [-0.3, -0.25) is 4.79 Å². The summed E-state index contributed by atoms with van der Waals surface area (Å²) in [5, 5.41) is 2.92. The average Bonchev–Trinajstić information content (AvgIpc) is 2.88. The third kappa shape index (κ3) is 2.86. The van der Waals surface area contributed by atoms with Crippen LogP contribution < -0.4 is 5.32 Å². The molecule has 0 bridgehead atoms. The number of anilines is 1. The highest BCUT2D eigenvalue weighted by molar-refractivity contribution is 9.10. The molecule has 1 amide bonds. The Morgan fingerprint density at radius 1 is 1.24 bits per heavy atom. The number of hydrogen-bond donors (Lipinski definition) is 1. The topological polar surface area (TPSA) is 29.1 Å². The Hall–Kier alpha value is -1.68. The van der Waals surface area contributed by atoms with Gasteiger partial charge < -0.3 is 5.32 Å². The van der Waals surface area contributed by atoms with Gasteiger partial charge in [-0.1, -0.05) is 24.3 Å². The maximum atomic E-state index is 13.4. The van der Waals surface area contributed by atoms with E-state index in [0.29, 0.717) is 10.2 Å². The summed E-state index contributed by atoms with van der Waals surface area (Å²) in [5.74, 6) is -0.378. The summed E-state index contributed by atoms with van der Waals surface area (Å²) in [6.45, 7) is 1.79. The first-order valence-corrected chi connectivity index (χ1v) is 7.67. The van der Waals surface area contributed by atoms with Gasteiger partial charge >= 0.3 is 0 Å². The molecule has 3 rings (SSSR count). The van der Waals surface area contributed by atoms with Crippen molar-refractivity contribution in [2.75, 3.05) is 5.32 Å². The smallest absolute Gasteiger partial charge is 0.228 e. The lowest BCUT2D eigenvalue weighted by molar-refractivity contribution is -0.119. The van der Waals surface area contributed by atoms with Crippen molar-refractivity contribution in [1.29, 1.82) is 0 Å². The highest BCUT2D eigenvalue weighted by Crippen LogP contribution is 2.29. The van der Waals surface area contributed by atoms with E-state index in [-0.39, 0.29) is 17.6 Å². The molecule has 108 valence electrons. The molecule has 0 saturated carbocycles. The van der Waals surface area contributed by atoms with E-state index in [1.54, 1.807) is 13.0 Å². The Morgan fingerprint density at radius 3 is 2.48 bits per heavy atom. The van der Waals surface area contributed by atoms with Crippen LogP contribution in [0.2, 0.25) is 0 Å². The average molecular weight is 348 g/mol. The third-order valence-corrected chi connectivity index (χ3v) is 4.55. The maximum Gasteiger partial charge on any atom is 0.228 e. The number of rotatable bonds is 2. The van der Waals surface area contributed by atoms with E-state index in [2.05, 4.69) is 33.4 Å². The molecular formula is C17H15BrFNO. The molecule has 0 unspecified atom stereocenters. The molecule has 0 heterocycles. The second kappa shape index (κ2) is 5.60. The van der Waals surface area contributed by atoms with Crippen LogP contribution in [0.1, 0.15) is 16.7 Å². The molecule has 0 atom stereocenters. The number of carbonyl (C=O) groups is 1. The first-order chi connectivity index (χ1) is 10.0. The standard InChI is InChI=1S/C17H15BrFNO/c1-10-6-15(19)14(18)9-16(10)20-17(21)13-7-11-4-2-3-5-12(11)8-13/h2-6,9,13H,7-8H2,1H3,(H,20,21). The van der Waals surface area contributed by atoms with Crippen LogP contribution in [0.3, 0.4) is 0 Å². The molecule has 2 nitrogen and oxygen atoms in total. The molecule has 0 aromatic heterocycles. The summed E-state index contributed by atoms with van der Waals surface area (Å²) in [6.07, 6.45) is 1.53. The zero-order valence-electron chi connectivity index (χ0n) is 11.6. The number of carbonyl (C=O) groups excluding carboxylic acids is 1. The van der Waals surface area contributed by atoms with Crippen molar-refractivity contribution in [1.82, 2.24) is 0 Å². The summed E-state index contributed by atoms with van der Waals surface area (Å²) >= 11 is 3.15. The molecule has 0 saturated heterocycles. The Kier molecular flexibility index (Phi) is 3.81. The van der Waals surface area contributed by atoms with Gasteiger partial charge in [-0.2, -0.15) is 0 Å². The van der Waals surface area contributed by atoms with Gasteiger partial charge in [0.1, 0.15) is 5.82 Å². The van der Waals surface area contributed by atoms with Gasteiger partial charge in [0.15, 0.2) is 0 Å². The zero-order valence-corrected chi connectivity index (χ0v) is 13.2. The molecule has 1 aliphatic rings. The van der Waals surface area contributed by atoms with Gasteiger partial charge in [0.25, 0.3) is 0 Å². The quantitative estimate of drug-likeness (QED) is 0.864. The van der Waals surface area contributed by atoms with Crippen LogP contribution in [0.25, 0.3) is 0 Å². The zero-order chi connectivity index (χ0) is 15.0. The fourth-order valence-corrected chi connectivity index (χ4v) is 3.10. The van der Waals surface area contributed by atoms with Crippen molar-refractivity contribution >= 4 is 27.5 Å². The molecule has 0 spiro atoms. The summed E-state index contributed by atoms with van der Waals surface area (Å²) in [5.41, 5.74) is 3.87. The molecular weight excluding hydrogens is 333 g/mol. The second-order valence-corrected chi connectivity index (χ2v) is 6.30. The molecule has 21 heavy (non-hydrogen) atoms. The monoisotopic (exact) mass is 347 g/mol. The highest BCUT2D eigenvalue weighted by atomic mass is 79.9. The van der Waals surface area contributed by atoms with E-state index in [9.17, 15) is 9.18 Å². The predicted molar refractivity (Wildman–Crippen MR) is 84.8 cm³/mol. The van der Waals surface area contributed by atoms with E-state index >= 15 is 0 Å². The summed E-state index contributed by atoms with van der Waals surface area (Å²) in [4.78, 5) is 12.4. The number of hydrogen-bond acceptors (Lipinski definition) is 1. The molecule has 0 fully saturated rings. The van der Waals surface area contributed by atoms with E-state index in [1.807, 2.05) is 12.1 Å². The minimum absolute atomic E-state index is 0.00666. The molecule has 1 N–H and O–H groups in total. The maximum absolute atomic E-state index is 13.4. The summed E-state index contributed by atoms with van der Waals surface area (Å²) < 4.78 is 13.8. The largest absolute Gasteiger partial charge is 0.326 e. The Morgan fingerprint density at radius 2 is 1.86 bits per heavy atom. The van der Waals surface area contributed by atoms with Crippen LogP contribution in [-0.4, -0.2) is 5.91 Å². The minimum Gasteiger partial charge on any atom is -0.326 e. The number of amides is 1. The Bertz CT molecular complexity index is 689. The van der Waals surface area contributed by atoms with Gasteiger partial charge in [-0.25, -0.2) is 4.39 Å². The van der Waals surface area contributed by atoms with Gasteiger partial charge in [-0.15, -0.1) is 0 Å². The molecule has 1 aliphatic carbocycles. The highest BCUT2D eigenvalue weighted by Gasteiger charge is 2.27. The normalized spacial score (nSPS) is 14.0. The third-order valence-electron chi connectivity index (χ3n) is 3.95. The second-order valence-electron chi connectivity index (χ2n) is 5.44. The van der Waals surface area contributed by atoms with Crippen molar-refractivity contribution in [3.63, 3.8) is 0 Å². The van der Waals surface area contributed by atoms with Crippen LogP contribution >= 0.6 is 15.9 Å². The molecule has 2 aromatic rings. The van der Waals surface area contributed by atoms with Crippen LogP contribution in [0.15, 0.2) is 40.9 Å². The summed E-state index contributed by atoms with van der Waals surface area (Å²) in [6, 6.07) is 11.2. The van der Waals surface area contributed by atoms with Crippen molar-refractivity contribution in [3.05, 3.63) is 63.4 Å². The van der Waals surface area contributed by atoms with E-state index in [0.717, 1.165) is 18.4 Å². The Labute approximate surface area is 131 Å². The lowest BCUT2D eigenvalue weighted by atomic mass is 10.1.